The Morgan fingerprint density at radius 3 is 2.78 bits per heavy atom. The van der Waals surface area contributed by atoms with E-state index >= 15 is 0 Å². The Morgan fingerprint density at radius 1 is 1.33 bits per heavy atom. The molecule has 1 aromatic carbocycles. The summed E-state index contributed by atoms with van der Waals surface area (Å²) < 4.78 is 11.4. The van der Waals surface area contributed by atoms with Crippen molar-refractivity contribution in [2.75, 3.05) is 6.61 Å². The van der Waals surface area contributed by atoms with E-state index in [1.165, 1.54) is 0 Å². The van der Waals surface area contributed by atoms with Gasteiger partial charge in [0.2, 0.25) is 5.76 Å². The first-order chi connectivity index (χ1) is 8.61. The highest BCUT2D eigenvalue weighted by molar-refractivity contribution is 9.10. The van der Waals surface area contributed by atoms with Crippen LogP contribution >= 0.6 is 15.9 Å². The first-order valence-electron chi connectivity index (χ1n) is 5.65. The number of esters is 1. The van der Waals surface area contributed by atoms with Gasteiger partial charge in [0.1, 0.15) is 5.76 Å². The number of hydrogen-bond acceptors (Lipinski definition) is 3. The molecule has 0 aliphatic heterocycles. The van der Waals surface area contributed by atoms with Gasteiger partial charge in [0, 0.05) is 10.0 Å². The van der Waals surface area contributed by atoms with Crippen LogP contribution in [-0.4, -0.2) is 12.6 Å². The highest BCUT2D eigenvalue weighted by atomic mass is 79.9. The Bertz CT molecular complexity index is 572. The van der Waals surface area contributed by atoms with Crippen molar-refractivity contribution in [2.45, 2.75) is 13.8 Å². The standard InChI is InChI=1S/C14H13BrO3/c1-3-17-14(16)13-7-6-12(18-13)10-4-5-11(15)9(2)8-10/h4-8H,3H2,1-2H3. The molecule has 0 fully saturated rings. The summed E-state index contributed by atoms with van der Waals surface area (Å²) in [5.74, 6) is 0.457. The second-order valence-corrected chi connectivity index (χ2v) is 4.70. The minimum Gasteiger partial charge on any atom is -0.460 e. The van der Waals surface area contributed by atoms with Crippen LogP contribution in [0.3, 0.4) is 0 Å². The summed E-state index contributed by atoms with van der Waals surface area (Å²) in [7, 11) is 0. The minimum absolute atomic E-state index is 0.229. The lowest BCUT2D eigenvalue weighted by molar-refractivity contribution is 0.0491. The van der Waals surface area contributed by atoms with E-state index in [9.17, 15) is 4.79 Å². The molecular formula is C14H13BrO3. The number of aryl methyl sites for hydroxylation is 1. The largest absolute Gasteiger partial charge is 0.460 e. The lowest BCUT2D eigenvalue weighted by atomic mass is 10.1. The van der Waals surface area contributed by atoms with Crippen LogP contribution in [0.25, 0.3) is 11.3 Å². The molecule has 0 saturated carbocycles. The molecule has 0 aliphatic rings. The predicted molar refractivity (Wildman–Crippen MR) is 72.5 cm³/mol. The fraction of sp³-hybridized carbons (Fsp3) is 0.214. The minimum atomic E-state index is -0.433. The molecule has 1 heterocycles. The Hall–Kier alpha value is -1.55. The summed E-state index contributed by atoms with van der Waals surface area (Å²) in [5, 5.41) is 0. The zero-order chi connectivity index (χ0) is 13.1. The molecule has 0 N–H and O–H groups in total. The first kappa shape index (κ1) is 12.9. The molecule has 0 bridgehead atoms. The number of carbonyl (C=O) groups excluding carboxylic acids is 1. The molecule has 0 amide bonds. The number of ether oxygens (including phenoxy) is 1. The summed E-state index contributed by atoms with van der Waals surface area (Å²) >= 11 is 3.45. The number of benzene rings is 1. The Kier molecular flexibility index (Phi) is 3.87. The number of carbonyl (C=O) groups is 1. The van der Waals surface area contributed by atoms with Crippen LogP contribution in [0.5, 0.6) is 0 Å². The van der Waals surface area contributed by atoms with Crippen molar-refractivity contribution in [1.29, 1.82) is 0 Å². The van der Waals surface area contributed by atoms with Gasteiger partial charge in [-0.2, -0.15) is 0 Å². The van der Waals surface area contributed by atoms with Crippen molar-refractivity contribution >= 4 is 21.9 Å². The summed E-state index contributed by atoms with van der Waals surface area (Å²) in [6.45, 7) is 4.11. The summed E-state index contributed by atoms with van der Waals surface area (Å²) in [5.41, 5.74) is 2.05. The molecule has 0 radical (unpaired) electrons. The summed E-state index contributed by atoms with van der Waals surface area (Å²) in [6, 6.07) is 9.29. The van der Waals surface area contributed by atoms with Gasteiger partial charge in [-0.25, -0.2) is 4.79 Å². The highest BCUT2D eigenvalue weighted by Gasteiger charge is 2.13. The Labute approximate surface area is 114 Å². The Morgan fingerprint density at radius 2 is 2.11 bits per heavy atom. The molecule has 2 rings (SSSR count). The third-order valence-corrected chi connectivity index (χ3v) is 3.41. The van der Waals surface area contributed by atoms with E-state index in [0.29, 0.717) is 12.4 Å². The monoisotopic (exact) mass is 308 g/mol. The van der Waals surface area contributed by atoms with Gasteiger partial charge in [0.25, 0.3) is 0 Å². The number of rotatable bonds is 3. The molecule has 1 aromatic heterocycles. The maximum absolute atomic E-state index is 11.5. The van der Waals surface area contributed by atoms with Crippen LogP contribution < -0.4 is 0 Å². The number of halogens is 1. The lowest BCUT2D eigenvalue weighted by Crippen LogP contribution is -2.02. The van der Waals surface area contributed by atoms with E-state index in [0.717, 1.165) is 15.6 Å². The molecule has 4 heteroatoms. The maximum Gasteiger partial charge on any atom is 0.374 e. The predicted octanol–water partition coefficient (Wildman–Crippen LogP) is 4.19. The van der Waals surface area contributed by atoms with E-state index in [4.69, 9.17) is 9.15 Å². The van der Waals surface area contributed by atoms with Gasteiger partial charge in [-0.1, -0.05) is 22.0 Å². The van der Waals surface area contributed by atoms with Gasteiger partial charge in [-0.15, -0.1) is 0 Å². The first-order valence-corrected chi connectivity index (χ1v) is 6.44. The van der Waals surface area contributed by atoms with Crippen molar-refractivity contribution in [1.82, 2.24) is 0 Å². The van der Waals surface area contributed by atoms with Crippen LogP contribution in [0.15, 0.2) is 39.2 Å². The smallest absolute Gasteiger partial charge is 0.374 e. The molecule has 2 aromatic rings. The molecule has 18 heavy (non-hydrogen) atoms. The number of furan rings is 1. The van der Waals surface area contributed by atoms with Crippen molar-refractivity contribution < 1.29 is 13.9 Å². The van der Waals surface area contributed by atoms with Crippen LogP contribution in [-0.2, 0) is 4.74 Å². The van der Waals surface area contributed by atoms with E-state index in [-0.39, 0.29) is 5.76 Å². The van der Waals surface area contributed by atoms with Crippen molar-refractivity contribution in [3.05, 3.63) is 46.1 Å². The zero-order valence-corrected chi connectivity index (χ0v) is 11.8. The van der Waals surface area contributed by atoms with Crippen molar-refractivity contribution in [2.24, 2.45) is 0 Å². The SMILES string of the molecule is CCOC(=O)c1ccc(-c2ccc(Br)c(C)c2)o1. The van der Waals surface area contributed by atoms with Gasteiger partial charge >= 0.3 is 5.97 Å². The molecule has 3 nitrogen and oxygen atoms in total. The quantitative estimate of drug-likeness (QED) is 0.798. The summed E-state index contributed by atoms with van der Waals surface area (Å²) in [6.07, 6.45) is 0. The van der Waals surface area contributed by atoms with Gasteiger partial charge in [0.15, 0.2) is 0 Å². The second kappa shape index (κ2) is 5.40. The highest BCUT2D eigenvalue weighted by Crippen LogP contribution is 2.26. The topological polar surface area (TPSA) is 39.4 Å². The van der Waals surface area contributed by atoms with E-state index in [1.54, 1.807) is 19.1 Å². The van der Waals surface area contributed by atoms with Gasteiger partial charge in [0.05, 0.1) is 6.61 Å². The van der Waals surface area contributed by atoms with Gasteiger partial charge < -0.3 is 9.15 Å². The fourth-order valence-electron chi connectivity index (χ4n) is 1.60. The van der Waals surface area contributed by atoms with E-state index in [1.807, 2.05) is 25.1 Å². The molecule has 94 valence electrons. The van der Waals surface area contributed by atoms with Crippen LogP contribution in [0.4, 0.5) is 0 Å². The molecule has 0 unspecified atom stereocenters. The average Bonchev–Trinajstić information content (AvgIpc) is 2.82. The van der Waals surface area contributed by atoms with E-state index < -0.39 is 5.97 Å². The van der Waals surface area contributed by atoms with Crippen molar-refractivity contribution in [3.63, 3.8) is 0 Å². The molecule has 0 saturated heterocycles. The fourth-order valence-corrected chi connectivity index (χ4v) is 1.85. The zero-order valence-electron chi connectivity index (χ0n) is 10.2. The third kappa shape index (κ3) is 2.64. The van der Waals surface area contributed by atoms with Crippen LogP contribution in [0, 0.1) is 6.92 Å². The maximum atomic E-state index is 11.5. The third-order valence-electron chi connectivity index (χ3n) is 2.53. The molecule has 0 aliphatic carbocycles. The average molecular weight is 309 g/mol. The molecule has 0 atom stereocenters. The normalized spacial score (nSPS) is 10.4. The summed E-state index contributed by atoms with van der Waals surface area (Å²) in [4.78, 5) is 11.5. The van der Waals surface area contributed by atoms with Gasteiger partial charge in [-0.3, -0.25) is 0 Å². The van der Waals surface area contributed by atoms with Gasteiger partial charge in [-0.05, 0) is 43.7 Å². The van der Waals surface area contributed by atoms with Crippen molar-refractivity contribution in [3.8, 4) is 11.3 Å². The van der Waals surface area contributed by atoms with Crippen LogP contribution in [0.2, 0.25) is 0 Å². The van der Waals surface area contributed by atoms with Crippen LogP contribution in [0.1, 0.15) is 23.0 Å². The number of hydrogen-bond donors (Lipinski definition) is 0. The molecule has 0 spiro atoms. The van der Waals surface area contributed by atoms with E-state index in [2.05, 4.69) is 15.9 Å². The lowest BCUT2D eigenvalue weighted by Gasteiger charge is -2.01. The second-order valence-electron chi connectivity index (χ2n) is 3.85. The Balaban J connectivity index is 2.29. The molecular weight excluding hydrogens is 296 g/mol.